The Hall–Kier alpha value is -2.10. The van der Waals surface area contributed by atoms with E-state index in [0.29, 0.717) is 11.8 Å². The van der Waals surface area contributed by atoms with E-state index < -0.39 is 0 Å². The molecule has 1 N–H and O–H groups in total. The highest BCUT2D eigenvalue weighted by atomic mass is 16.5. The van der Waals surface area contributed by atoms with Crippen LogP contribution in [0.5, 0.6) is 5.88 Å². The fraction of sp³-hybridized carbons (Fsp3) is 0.375. The maximum Gasteiger partial charge on any atom is 0.226 e. The average molecular weight is 271 g/mol. The summed E-state index contributed by atoms with van der Waals surface area (Å²) in [6.45, 7) is 6.18. The molecular weight excluding hydrogens is 250 g/mol. The van der Waals surface area contributed by atoms with E-state index in [-0.39, 0.29) is 6.04 Å². The summed E-state index contributed by atoms with van der Waals surface area (Å²) >= 11 is 0. The number of ether oxygens (including phenoxy) is 1. The number of benzene rings is 1. The lowest BCUT2D eigenvalue weighted by Gasteiger charge is -2.15. The molecule has 0 fully saturated rings. The molecule has 0 radical (unpaired) electrons. The zero-order valence-corrected chi connectivity index (χ0v) is 12.5. The second-order valence-corrected chi connectivity index (χ2v) is 4.84. The van der Waals surface area contributed by atoms with Crippen molar-refractivity contribution in [2.75, 3.05) is 12.4 Å². The first-order chi connectivity index (χ1) is 9.62. The number of anilines is 1. The van der Waals surface area contributed by atoms with Gasteiger partial charge in [0, 0.05) is 11.8 Å². The Labute approximate surface area is 120 Å². The first-order valence-electron chi connectivity index (χ1n) is 6.87. The van der Waals surface area contributed by atoms with Crippen LogP contribution in [0, 0.1) is 6.92 Å². The molecule has 0 aliphatic rings. The van der Waals surface area contributed by atoms with Gasteiger partial charge in [-0.15, -0.1) is 0 Å². The lowest BCUT2D eigenvalue weighted by molar-refractivity contribution is 0.397. The van der Waals surface area contributed by atoms with Gasteiger partial charge in [0.1, 0.15) is 0 Å². The molecule has 0 amide bonds. The van der Waals surface area contributed by atoms with E-state index in [1.165, 1.54) is 11.1 Å². The topological polar surface area (TPSA) is 47.0 Å². The van der Waals surface area contributed by atoms with Crippen LogP contribution in [-0.2, 0) is 6.42 Å². The van der Waals surface area contributed by atoms with Crippen molar-refractivity contribution in [3.8, 4) is 5.88 Å². The fourth-order valence-corrected chi connectivity index (χ4v) is 2.03. The number of aryl methyl sites for hydroxylation is 2. The summed E-state index contributed by atoms with van der Waals surface area (Å²) in [7, 11) is 1.61. The molecule has 4 nitrogen and oxygen atoms in total. The van der Waals surface area contributed by atoms with Gasteiger partial charge in [0.15, 0.2) is 0 Å². The second kappa shape index (κ2) is 6.37. The molecule has 4 heteroatoms. The van der Waals surface area contributed by atoms with Gasteiger partial charge in [-0.3, -0.25) is 0 Å². The van der Waals surface area contributed by atoms with Crippen LogP contribution in [0.4, 0.5) is 5.95 Å². The molecule has 20 heavy (non-hydrogen) atoms. The smallest absolute Gasteiger partial charge is 0.226 e. The third kappa shape index (κ3) is 3.47. The molecule has 0 aliphatic carbocycles. The molecule has 2 rings (SSSR count). The maximum absolute atomic E-state index is 5.16. The number of hydrogen-bond donors (Lipinski definition) is 1. The third-order valence-corrected chi connectivity index (χ3v) is 3.27. The summed E-state index contributed by atoms with van der Waals surface area (Å²) < 4.78 is 5.16. The van der Waals surface area contributed by atoms with E-state index in [1.807, 2.05) is 13.0 Å². The molecule has 1 aromatic heterocycles. The predicted molar refractivity (Wildman–Crippen MR) is 81.2 cm³/mol. The zero-order chi connectivity index (χ0) is 14.5. The van der Waals surface area contributed by atoms with Crippen LogP contribution in [0.1, 0.15) is 36.7 Å². The molecule has 1 atom stereocenters. The minimum Gasteiger partial charge on any atom is -0.481 e. The van der Waals surface area contributed by atoms with Crippen LogP contribution in [0.25, 0.3) is 0 Å². The highest BCUT2D eigenvalue weighted by Gasteiger charge is 2.08. The zero-order valence-electron chi connectivity index (χ0n) is 12.5. The Morgan fingerprint density at radius 3 is 2.50 bits per heavy atom. The van der Waals surface area contributed by atoms with Gasteiger partial charge < -0.3 is 10.1 Å². The monoisotopic (exact) mass is 271 g/mol. The van der Waals surface area contributed by atoms with Crippen molar-refractivity contribution in [2.45, 2.75) is 33.2 Å². The number of hydrogen-bond acceptors (Lipinski definition) is 4. The predicted octanol–water partition coefficient (Wildman–Crippen LogP) is 3.53. The van der Waals surface area contributed by atoms with Crippen LogP contribution in [0.3, 0.4) is 0 Å². The number of rotatable bonds is 5. The lowest BCUT2D eigenvalue weighted by atomic mass is 10.1. The van der Waals surface area contributed by atoms with E-state index in [2.05, 4.69) is 53.4 Å². The van der Waals surface area contributed by atoms with Crippen molar-refractivity contribution >= 4 is 5.95 Å². The summed E-state index contributed by atoms with van der Waals surface area (Å²) in [5, 5.41) is 3.31. The van der Waals surface area contributed by atoms with E-state index in [1.54, 1.807) is 7.11 Å². The maximum atomic E-state index is 5.16. The van der Waals surface area contributed by atoms with E-state index in [9.17, 15) is 0 Å². The summed E-state index contributed by atoms with van der Waals surface area (Å²) in [6, 6.07) is 10.6. The van der Waals surface area contributed by atoms with E-state index >= 15 is 0 Å². The van der Waals surface area contributed by atoms with Crippen LogP contribution in [0.15, 0.2) is 30.3 Å². The molecule has 0 saturated carbocycles. The van der Waals surface area contributed by atoms with Crippen molar-refractivity contribution in [3.05, 3.63) is 47.2 Å². The Morgan fingerprint density at radius 2 is 1.90 bits per heavy atom. The van der Waals surface area contributed by atoms with Gasteiger partial charge in [0.2, 0.25) is 11.8 Å². The van der Waals surface area contributed by atoms with Gasteiger partial charge in [-0.1, -0.05) is 31.2 Å². The van der Waals surface area contributed by atoms with Gasteiger partial charge in [0.25, 0.3) is 0 Å². The minimum absolute atomic E-state index is 0.146. The van der Waals surface area contributed by atoms with Gasteiger partial charge in [-0.25, -0.2) is 4.98 Å². The summed E-state index contributed by atoms with van der Waals surface area (Å²) in [5.74, 6) is 1.17. The Kier molecular flexibility index (Phi) is 4.56. The summed E-state index contributed by atoms with van der Waals surface area (Å²) in [5.41, 5.74) is 3.44. The van der Waals surface area contributed by atoms with Gasteiger partial charge in [0.05, 0.1) is 13.2 Å². The molecule has 0 saturated heterocycles. The van der Waals surface area contributed by atoms with Gasteiger partial charge >= 0.3 is 0 Å². The fourth-order valence-electron chi connectivity index (χ4n) is 2.03. The van der Waals surface area contributed by atoms with Gasteiger partial charge in [-0.05, 0) is 31.4 Å². The number of nitrogens with zero attached hydrogens (tertiary/aromatic N) is 2. The molecule has 2 aromatic rings. The molecule has 1 heterocycles. The minimum atomic E-state index is 0.146. The van der Waals surface area contributed by atoms with Crippen molar-refractivity contribution in [1.82, 2.24) is 9.97 Å². The average Bonchev–Trinajstić information content (AvgIpc) is 2.46. The lowest BCUT2D eigenvalue weighted by Crippen LogP contribution is -2.10. The molecule has 106 valence electrons. The number of aromatic nitrogens is 2. The highest BCUT2D eigenvalue weighted by molar-refractivity contribution is 5.35. The number of nitrogens with one attached hydrogen (secondary N) is 1. The van der Waals surface area contributed by atoms with Crippen molar-refractivity contribution in [2.24, 2.45) is 0 Å². The van der Waals surface area contributed by atoms with Crippen molar-refractivity contribution in [1.29, 1.82) is 0 Å². The van der Waals surface area contributed by atoms with Crippen LogP contribution >= 0.6 is 0 Å². The molecular formula is C16H21N3O. The molecule has 0 aliphatic heterocycles. The quantitative estimate of drug-likeness (QED) is 0.903. The van der Waals surface area contributed by atoms with E-state index in [4.69, 9.17) is 4.74 Å². The van der Waals surface area contributed by atoms with Gasteiger partial charge in [-0.2, -0.15) is 4.98 Å². The molecule has 1 aromatic carbocycles. The molecule has 0 spiro atoms. The molecule has 0 bridgehead atoms. The summed E-state index contributed by atoms with van der Waals surface area (Å²) in [6.07, 6.45) is 1.06. The van der Waals surface area contributed by atoms with Crippen molar-refractivity contribution in [3.63, 3.8) is 0 Å². The van der Waals surface area contributed by atoms with Crippen LogP contribution in [-0.4, -0.2) is 17.1 Å². The first kappa shape index (κ1) is 14.3. The molecule has 1 unspecified atom stereocenters. The van der Waals surface area contributed by atoms with Crippen LogP contribution in [0.2, 0.25) is 0 Å². The Morgan fingerprint density at radius 1 is 1.20 bits per heavy atom. The van der Waals surface area contributed by atoms with E-state index in [0.717, 1.165) is 12.1 Å². The number of methoxy groups -OCH3 is 1. The normalized spacial score (nSPS) is 12.0. The SMILES string of the molecule is CCc1ccc(C(C)Nc2nc(C)cc(OC)n2)cc1. The highest BCUT2D eigenvalue weighted by Crippen LogP contribution is 2.19. The largest absolute Gasteiger partial charge is 0.481 e. The Balaban J connectivity index is 2.13. The third-order valence-electron chi connectivity index (χ3n) is 3.27. The van der Waals surface area contributed by atoms with Crippen molar-refractivity contribution < 1.29 is 4.74 Å². The first-order valence-corrected chi connectivity index (χ1v) is 6.87. The summed E-state index contributed by atoms with van der Waals surface area (Å²) in [4.78, 5) is 8.69. The Bertz CT molecular complexity index is 566. The second-order valence-electron chi connectivity index (χ2n) is 4.84. The van der Waals surface area contributed by atoms with Crippen LogP contribution < -0.4 is 10.1 Å². The standard InChI is InChI=1S/C16H21N3O/c1-5-13-6-8-14(9-7-13)12(3)18-16-17-11(2)10-15(19-16)20-4/h6-10,12H,5H2,1-4H3,(H,17,18,19).